The molecule has 7 heteroatoms. The lowest BCUT2D eigenvalue weighted by Gasteiger charge is -2.29. The second-order valence-electron chi connectivity index (χ2n) is 7.10. The van der Waals surface area contributed by atoms with E-state index in [0.29, 0.717) is 24.4 Å². The Morgan fingerprint density at radius 1 is 1.14 bits per heavy atom. The minimum atomic E-state index is -0.592. The van der Waals surface area contributed by atoms with Gasteiger partial charge in [-0.3, -0.25) is 0 Å². The molecule has 1 atom stereocenters. The molecule has 1 heterocycles. The first-order valence-corrected chi connectivity index (χ1v) is 9.41. The molecule has 152 valence electrons. The number of halogens is 1. The first-order chi connectivity index (χ1) is 13.9. The highest BCUT2D eigenvalue weighted by Crippen LogP contribution is 2.30. The molecule has 0 saturated carbocycles. The maximum atomic E-state index is 13.1. The van der Waals surface area contributed by atoms with E-state index in [1.165, 1.54) is 19.2 Å². The van der Waals surface area contributed by atoms with Crippen LogP contribution in [0.4, 0.5) is 9.18 Å². The Labute approximate surface area is 169 Å². The van der Waals surface area contributed by atoms with Crippen LogP contribution in [0, 0.1) is 19.7 Å². The van der Waals surface area contributed by atoms with Crippen molar-refractivity contribution < 1.29 is 24.0 Å². The number of urea groups is 1. The van der Waals surface area contributed by atoms with E-state index in [-0.39, 0.29) is 11.8 Å². The Hall–Kier alpha value is -3.19. The van der Waals surface area contributed by atoms with Gasteiger partial charge in [0.15, 0.2) is 0 Å². The zero-order valence-corrected chi connectivity index (χ0v) is 16.7. The maximum absolute atomic E-state index is 13.1. The van der Waals surface area contributed by atoms with E-state index >= 15 is 0 Å². The Bertz CT molecular complexity index is 954. The van der Waals surface area contributed by atoms with Crippen LogP contribution in [0.2, 0.25) is 0 Å². The Morgan fingerprint density at radius 3 is 2.55 bits per heavy atom. The van der Waals surface area contributed by atoms with Gasteiger partial charge >= 0.3 is 12.0 Å². The van der Waals surface area contributed by atoms with Crippen molar-refractivity contribution in [2.45, 2.75) is 26.4 Å². The summed E-state index contributed by atoms with van der Waals surface area (Å²) >= 11 is 0. The predicted molar refractivity (Wildman–Crippen MR) is 106 cm³/mol. The van der Waals surface area contributed by atoms with E-state index in [0.717, 1.165) is 22.3 Å². The van der Waals surface area contributed by atoms with Gasteiger partial charge in [0, 0.05) is 5.56 Å². The van der Waals surface area contributed by atoms with Gasteiger partial charge in [-0.05, 0) is 37.1 Å². The van der Waals surface area contributed by atoms with Gasteiger partial charge in [-0.25, -0.2) is 14.0 Å². The molecule has 0 unspecified atom stereocenters. The summed E-state index contributed by atoms with van der Waals surface area (Å²) in [6.07, 6.45) is 0. The number of esters is 1. The van der Waals surface area contributed by atoms with E-state index in [1.807, 2.05) is 37.4 Å². The van der Waals surface area contributed by atoms with Crippen molar-refractivity contribution in [3.05, 3.63) is 81.8 Å². The second-order valence-corrected chi connectivity index (χ2v) is 7.10. The van der Waals surface area contributed by atoms with Crippen molar-refractivity contribution in [1.82, 2.24) is 10.6 Å². The molecule has 6 nitrogen and oxygen atoms in total. The number of hydrogen-bond acceptors (Lipinski definition) is 3. The van der Waals surface area contributed by atoms with Gasteiger partial charge in [0.25, 0.3) is 0 Å². The summed E-state index contributed by atoms with van der Waals surface area (Å²) < 4.78 is 18.1. The molecule has 2 amide bonds. The van der Waals surface area contributed by atoms with Crippen LogP contribution >= 0.6 is 0 Å². The standard InChI is InChI=1S/C22H24FN3O3/c1-13-4-5-14(2)17(10-13)20-19(21(27)29-3)18(25-22(28)26-20)12-24-11-15-6-8-16(23)9-7-15/h4-10,20,24H,11-12H2,1-3H3,(H2,25,26,28)/p+1/t20-/m1/s1. The minimum Gasteiger partial charge on any atom is -0.466 e. The Kier molecular flexibility index (Phi) is 6.29. The topological polar surface area (TPSA) is 84.0 Å². The van der Waals surface area contributed by atoms with Crippen molar-refractivity contribution >= 4 is 12.0 Å². The number of aryl methyl sites for hydroxylation is 2. The molecule has 0 aromatic heterocycles. The summed E-state index contributed by atoms with van der Waals surface area (Å²) in [6, 6.07) is 11.2. The molecule has 0 aliphatic carbocycles. The van der Waals surface area contributed by atoms with E-state index in [2.05, 4.69) is 10.6 Å². The van der Waals surface area contributed by atoms with Gasteiger partial charge in [-0.2, -0.15) is 0 Å². The van der Waals surface area contributed by atoms with E-state index in [4.69, 9.17) is 4.74 Å². The highest BCUT2D eigenvalue weighted by Gasteiger charge is 2.34. The predicted octanol–water partition coefficient (Wildman–Crippen LogP) is 1.99. The normalized spacial score (nSPS) is 16.3. The number of rotatable bonds is 6. The third kappa shape index (κ3) is 4.81. The van der Waals surface area contributed by atoms with Crippen molar-refractivity contribution in [2.75, 3.05) is 13.7 Å². The lowest BCUT2D eigenvalue weighted by molar-refractivity contribution is -0.664. The average molecular weight is 398 g/mol. The molecule has 1 aliphatic rings. The third-order valence-corrected chi connectivity index (χ3v) is 4.95. The molecule has 0 saturated heterocycles. The van der Waals surface area contributed by atoms with Gasteiger partial charge < -0.3 is 20.7 Å². The van der Waals surface area contributed by atoms with Gasteiger partial charge in [0.1, 0.15) is 18.9 Å². The molecule has 4 N–H and O–H groups in total. The van der Waals surface area contributed by atoms with E-state index in [1.54, 1.807) is 12.1 Å². The van der Waals surface area contributed by atoms with Crippen LogP contribution in [-0.4, -0.2) is 25.7 Å². The Morgan fingerprint density at radius 2 is 1.86 bits per heavy atom. The van der Waals surface area contributed by atoms with Crippen LogP contribution < -0.4 is 16.0 Å². The molecular weight excluding hydrogens is 373 g/mol. The summed E-state index contributed by atoms with van der Waals surface area (Å²) in [5.41, 5.74) is 4.70. The van der Waals surface area contributed by atoms with Crippen LogP contribution in [-0.2, 0) is 16.1 Å². The van der Waals surface area contributed by atoms with Crippen molar-refractivity contribution in [3.63, 3.8) is 0 Å². The number of methoxy groups -OCH3 is 1. The summed E-state index contributed by atoms with van der Waals surface area (Å²) in [4.78, 5) is 24.9. The van der Waals surface area contributed by atoms with Gasteiger partial charge in [-0.15, -0.1) is 0 Å². The van der Waals surface area contributed by atoms with Gasteiger partial charge in [0.2, 0.25) is 0 Å². The largest absolute Gasteiger partial charge is 0.466 e. The van der Waals surface area contributed by atoms with Crippen molar-refractivity contribution in [1.29, 1.82) is 0 Å². The minimum absolute atomic E-state index is 0.286. The number of carbonyl (C=O) groups is 2. The molecule has 0 radical (unpaired) electrons. The van der Waals surface area contributed by atoms with E-state index < -0.39 is 12.0 Å². The lowest BCUT2D eigenvalue weighted by atomic mass is 9.91. The first kappa shape index (κ1) is 20.5. The number of nitrogens with one attached hydrogen (secondary N) is 2. The number of amides is 2. The van der Waals surface area contributed by atoms with E-state index in [9.17, 15) is 14.0 Å². The monoisotopic (exact) mass is 398 g/mol. The summed E-state index contributed by atoms with van der Waals surface area (Å²) in [5.74, 6) is -0.778. The molecule has 2 aromatic rings. The first-order valence-electron chi connectivity index (χ1n) is 9.41. The number of carbonyl (C=O) groups excluding carboxylic acids is 2. The average Bonchev–Trinajstić information content (AvgIpc) is 2.70. The van der Waals surface area contributed by atoms with Crippen LogP contribution in [0.15, 0.2) is 53.7 Å². The quantitative estimate of drug-likeness (QED) is 0.651. The molecular formula is C22H25FN3O3+. The summed E-state index contributed by atoms with van der Waals surface area (Å²) in [5, 5.41) is 7.54. The maximum Gasteiger partial charge on any atom is 0.338 e. The van der Waals surface area contributed by atoms with Crippen molar-refractivity contribution in [2.24, 2.45) is 0 Å². The molecule has 0 spiro atoms. The smallest absolute Gasteiger partial charge is 0.338 e. The Balaban J connectivity index is 1.90. The fourth-order valence-electron chi connectivity index (χ4n) is 3.44. The lowest BCUT2D eigenvalue weighted by Crippen LogP contribution is -2.84. The highest BCUT2D eigenvalue weighted by molar-refractivity contribution is 5.95. The molecule has 0 bridgehead atoms. The van der Waals surface area contributed by atoms with Gasteiger partial charge in [-0.1, -0.05) is 35.9 Å². The fourth-order valence-corrected chi connectivity index (χ4v) is 3.44. The second kappa shape index (κ2) is 8.87. The van der Waals surface area contributed by atoms with Crippen LogP contribution in [0.25, 0.3) is 0 Å². The number of benzene rings is 2. The number of ether oxygens (including phenoxy) is 1. The SMILES string of the molecule is COC(=O)C1=C(C[NH2+]Cc2ccc(F)cc2)NC(=O)N[C@@H]1c1cc(C)ccc1C. The summed E-state index contributed by atoms with van der Waals surface area (Å²) in [7, 11) is 1.33. The molecule has 2 aromatic carbocycles. The molecule has 29 heavy (non-hydrogen) atoms. The van der Waals surface area contributed by atoms with Gasteiger partial charge in [0.05, 0.1) is 24.4 Å². The van der Waals surface area contributed by atoms with Crippen LogP contribution in [0.1, 0.15) is 28.3 Å². The number of hydrogen-bond donors (Lipinski definition) is 3. The highest BCUT2D eigenvalue weighted by atomic mass is 19.1. The molecule has 0 fully saturated rings. The molecule has 1 aliphatic heterocycles. The zero-order chi connectivity index (χ0) is 21.0. The number of nitrogens with two attached hydrogens (primary N) is 1. The zero-order valence-electron chi connectivity index (χ0n) is 16.7. The fraction of sp³-hybridized carbons (Fsp3) is 0.273. The van der Waals surface area contributed by atoms with Crippen LogP contribution in [0.5, 0.6) is 0 Å². The third-order valence-electron chi connectivity index (χ3n) is 4.95. The molecule has 3 rings (SSSR count). The number of quaternary nitrogens is 1. The van der Waals surface area contributed by atoms with Crippen LogP contribution in [0.3, 0.4) is 0 Å². The summed E-state index contributed by atoms with van der Waals surface area (Å²) in [6.45, 7) is 4.86. The van der Waals surface area contributed by atoms with Crippen molar-refractivity contribution in [3.8, 4) is 0 Å².